The number of ketones is 1. The Labute approximate surface area is 221 Å². The molecule has 0 saturated carbocycles. The molecule has 1 saturated heterocycles. The van der Waals surface area contributed by atoms with Crippen molar-refractivity contribution < 1.29 is 38.4 Å². The largest absolute Gasteiger partial charge is 0.354 e. The summed E-state index contributed by atoms with van der Waals surface area (Å²) in [7, 11) is 0. The number of amides is 7. The van der Waals surface area contributed by atoms with Crippen LogP contribution in [-0.2, 0) is 38.4 Å². The average molecular weight is 539 g/mol. The van der Waals surface area contributed by atoms with Crippen molar-refractivity contribution in [1.29, 1.82) is 0 Å². The molecule has 14 nitrogen and oxygen atoms in total. The Morgan fingerprint density at radius 1 is 0.763 bits per heavy atom. The first-order valence-corrected chi connectivity index (χ1v) is 12.6. The number of likely N-dealkylation sites (tertiary alicyclic amines) is 1. The summed E-state index contributed by atoms with van der Waals surface area (Å²) < 4.78 is 0. The third-order valence-corrected chi connectivity index (χ3v) is 5.77. The number of nitrogens with zero attached hydrogens (tertiary/aromatic N) is 1. The normalized spacial score (nSPS) is 14.7. The van der Waals surface area contributed by atoms with Gasteiger partial charge in [0.2, 0.25) is 41.4 Å². The number of rotatable bonds is 17. The monoisotopic (exact) mass is 538 g/mol. The van der Waals surface area contributed by atoms with Crippen molar-refractivity contribution in [3.63, 3.8) is 0 Å². The zero-order chi connectivity index (χ0) is 28.7. The predicted octanol–water partition coefficient (Wildman–Crippen LogP) is -2.25. The van der Waals surface area contributed by atoms with Crippen LogP contribution in [-0.4, -0.2) is 91.3 Å². The lowest BCUT2D eigenvalue weighted by Gasteiger charge is -2.16. The highest BCUT2D eigenvalue weighted by Gasteiger charge is 2.39. The van der Waals surface area contributed by atoms with E-state index >= 15 is 0 Å². The summed E-state index contributed by atoms with van der Waals surface area (Å²) in [6.07, 6.45) is 1.06. The van der Waals surface area contributed by atoms with Crippen LogP contribution in [0.5, 0.6) is 0 Å². The van der Waals surface area contributed by atoms with Gasteiger partial charge in [0.25, 0.3) is 0 Å². The topological polar surface area (TPSA) is 200 Å². The molecule has 212 valence electrons. The first kappa shape index (κ1) is 32.2. The van der Waals surface area contributed by atoms with Gasteiger partial charge in [0.05, 0.1) is 26.2 Å². The van der Waals surface area contributed by atoms with Gasteiger partial charge in [-0.05, 0) is 12.3 Å². The lowest BCUT2D eigenvalue weighted by atomic mass is 9.94. The lowest BCUT2D eigenvalue weighted by Crippen LogP contribution is -2.45. The number of Topliss-reactive ketones (excluding diaryl/α,β-unsaturated/α-hetero) is 1. The zero-order valence-electron chi connectivity index (χ0n) is 22.1. The Kier molecular flexibility index (Phi) is 14.2. The molecule has 0 aromatic carbocycles. The Morgan fingerprint density at radius 2 is 1.24 bits per heavy atom. The smallest absolute Gasteiger partial charge is 0.239 e. The van der Waals surface area contributed by atoms with E-state index in [2.05, 4.69) is 26.6 Å². The van der Waals surface area contributed by atoms with Gasteiger partial charge in [0.1, 0.15) is 5.78 Å². The zero-order valence-corrected chi connectivity index (χ0v) is 22.1. The van der Waals surface area contributed by atoms with Crippen LogP contribution in [0.25, 0.3) is 0 Å². The van der Waals surface area contributed by atoms with Crippen molar-refractivity contribution in [2.45, 2.75) is 52.9 Å². The van der Waals surface area contributed by atoms with E-state index in [1.807, 2.05) is 13.8 Å². The van der Waals surface area contributed by atoms with E-state index in [4.69, 9.17) is 0 Å². The first-order chi connectivity index (χ1) is 17.9. The Bertz CT molecular complexity index is 920. The number of nitrogens with one attached hydrogen (secondary N) is 5. The van der Waals surface area contributed by atoms with Crippen LogP contribution in [0.2, 0.25) is 0 Å². The molecule has 5 N–H and O–H groups in total. The van der Waals surface area contributed by atoms with E-state index in [0.29, 0.717) is 6.42 Å². The molecule has 1 aliphatic rings. The summed E-state index contributed by atoms with van der Waals surface area (Å²) in [5.74, 6) is -3.53. The van der Waals surface area contributed by atoms with E-state index in [9.17, 15) is 38.4 Å². The highest BCUT2D eigenvalue weighted by Crippen LogP contribution is 2.26. The molecule has 0 radical (unpaired) electrons. The third-order valence-electron chi connectivity index (χ3n) is 5.77. The highest BCUT2D eigenvalue weighted by atomic mass is 16.2. The second-order valence-electron chi connectivity index (χ2n) is 9.14. The highest BCUT2D eigenvalue weighted by molar-refractivity contribution is 6.03. The number of carbonyl (C=O) groups is 8. The molecule has 0 aromatic rings. The SMILES string of the molecule is CCC(=O)CCNC(=O)CNC(=O)CNC(=O)CNC(=O)CNC(=O)CCCN1C(=O)CC(C(C)C)C1=O. The number of imide groups is 1. The van der Waals surface area contributed by atoms with Crippen molar-refractivity contribution in [3.05, 3.63) is 0 Å². The van der Waals surface area contributed by atoms with Crippen LogP contribution in [0, 0.1) is 11.8 Å². The maximum Gasteiger partial charge on any atom is 0.239 e. The van der Waals surface area contributed by atoms with E-state index in [1.165, 1.54) is 4.90 Å². The molecule has 0 aliphatic carbocycles. The van der Waals surface area contributed by atoms with Gasteiger partial charge >= 0.3 is 0 Å². The van der Waals surface area contributed by atoms with E-state index in [1.54, 1.807) is 6.92 Å². The van der Waals surface area contributed by atoms with E-state index < -0.39 is 42.6 Å². The maximum absolute atomic E-state index is 12.3. The van der Waals surface area contributed by atoms with Gasteiger partial charge in [-0.1, -0.05) is 20.8 Å². The standard InChI is InChI=1S/C24H38N6O8/c1-4-16(31)7-8-25-19(33)11-27-21(35)13-29-22(36)14-28-20(34)12-26-18(32)6-5-9-30-23(37)10-17(15(2)3)24(30)38/h15,17H,4-14H2,1-3H3,(H,25,33)(H,26,32)(H,27,35)(H,28,34)(H,29,36). The molecule has 7 amide bonds. The molecular formula is C24H38N6O8. The van der Waals surface area contributed by atoms with Crippen LogP contribution in [0.3, 0.4) is 0 Å². The fraction of sp³-hybridized carbons (Fsp3) is 0.667. The second kappa shape index (κ2) is 16.8. The molecule has 1 atom stereocenters. The molecule has 0 spiro atoms. The molecule has 14 heteroatoms. The summed E-state index contributed by atoms with van der Waals surface area (Å²) in [6, 6.07) is 0. The minimum Gasteiger partial charge on any atom is -0.354 e. The third kappa shape index (κ3) is 12.4. The van der Waals surface area contributed by atoms with E-state index in [0.717, 1.165) is 0 Å². The lowest BCUT2D eigenvalue weighted by molar-refractivity contribution is -0.140. The van der Waals surface area contributed by atoms with Crippen LogP contribution in [0.1, 0.15) is 52.9 Å². The Hall–Kier alpha value is -3.84. The second-order valence-corrected chi connectivity index (χ2v) is 9.14. The van der Waals surface area contributed by atoms with Crippen LogP contribution >= 0.6 is 0 Å². The van der Waals surface area contributed by atoms with Crippen LogP contribution in [0.4, 0.5) is 0 Å². The maximum atomic E-state index is 12.3. The van der Waals surface area contributed by atoms with Gasteiger partial charge in [-0.15, -0.1) is 0 Å². The molecule has 0 aromatic heterocycles. The van der Waals surface area contributed by atoms with E-state index in [-0.39, 0.29) is 81.3 Å². The summed E-state index contributed by atoms with van der Waals surface area (Å²) in [5, 5.41) is 11.7. The number of hydrogen-bond acceptors (Lipinski definition) is 8. The van der Waals surface area contributed by atoms with Gasteiger partial charge in [-0.25, -0.2) is 0 Å². The molecule has 1 rings (SSSR count). The molecule has 0 bridgehead atoms. The summed E-state index contributed by atoms with van der Waals surface area (Å²) in [4.78, 5) is 95.4. The molecule has 1 heterocycles. The molecule has 1 fully saturated rings. The minimum absolute atomic E-state index is 0.0109. The molecular weight excluding hydrogens is 500 g/mol. The Balaban J connectivity index is 2.13. The van der Waals surface area contributed by atoms with Gasteiger partial charge in [0.15, 0.2) is 0 Å². The van der Waals surface area contributed by atoms with Crippen molar-refractivity contribution in [2.24, 2.45) is 11.8 Å². The molecule has 1 aliphatic heterocycles. The molecule has 38 heavy (non-hydrogen) atoms. The van der Waals surface area contributed by atoms with Crippen molar-refractivity contribution in [3.8, 4) is 0 Å². The van der Waals surface area contributed by atoms with Crippen LogP contribution < -0.4 is 26.6 Å². The average Bonchev–Trinajstić information content (AvgIpc) is 3.16. The summed E-state index contributed by atoms with van der Waals surface area (Å²) >= 11 is 0. The minimum atomic E-state index is -0.651. The first-order valence-electron chi connectivity index (χ1n) is 12.6. The Morgan fingerprint density at radius 3 is 1.68 bits per heavy atom. The van der Waals surface area contributed by atoms with Gasteiger partial charge in [0, 0.05) is 44.7 Å². The quantitative estimate of drug-likeness (QED) is 0.128. The molecule has 1 unspecified atom stereocenters. The summed E-state index contributed by atoms with van der Waals surface area (Å²) in [5.41, 5.74) is 0. The predicted molar refractivity (Wildman–Crippen MR) is 134 cm³/mol. The summed E-state index contributed by atoms with van der Waals surface area (Å²) in [6.45, 7) is 4.27. The van der Waals surface area contributed by atoms with Gasteiger partial charge in [-0.2, -0.15) is 0 Å². The fourth-order valence-electron chi connectivity index (χ4n) is 3.43. The van der Waals surface area contributed by atoms with Crippen molar-refractivity contribution in [1.82, 2.24) is 31.5 Å². The van der Waals surface area contributed by atoms with Gasteiger partial charge in [-0.3, -0.25) is 43.3 Å². The fourth-order valence-corrected chi connectivity index (χ4v) is 3.43. The van der Waals surface area contributed by atoms with Crippen molar-refractivity contribution >= 4 is 47.1 Å². The van der Waals surface area contributed by atoms with Gasteiger partial charge < -0.3 is 26.6 Å². The van der Waals surface area contributed by atoms with Crippen LogP contribution in [0.15, 0.2) is 0 Å². The number of hydrogen-bond donors (Lipinski definition) is 5. The van der Waals surface area contributed by atoms with Crippen molar-refractivity contribution in [2.75, 3.05) is 39.3 Å². The number of carbonyl (C=O) groups excluding carboxylic acids is 8.